The SMILES string of the molecule is Cc1ccc(NC(=O)/C(C#N)=C\c2cc(Cl)c(OCC(=O)Nc3cccc(C)c3)c(Cl)c2)cc1. The van der Waals surface area contributed by atoms with Crippen molar-refractivity contribution in [3.05, 3.63) is 93.0 Å². The second-order valence-corrected chi connectivity index (χ2v) is 8.32. The van der Waals surface area contributed by atoms with Gasteiger partial charge in [-0.3, -0.25) is 9.59 Å². The Morgan fingerprint density at radius 1 is 0.941 bits per heavy atom. The van der Waals surface area contributed by atoms with Gasteiger partial charge >= 0.3 is 0 Å². The van der Waals surface area contributed by atoms with Crippen LogP contribution < -0.4 is 15.4 Å². The lowest BCUT2D eigenvalue weighted by Crippen LogP contribution is -2.20. The second kappa shape index (κ2) is 11.4. The molecule has 0 unspecified atom stereocenters. The number of aryl methyl sites for hydroxylation is 2. The number of hydrogen-bond donors (Lipinski definition) is 2. The third-order valence-corrected chi connectivity index (χ3v) is 5.22. The van der Waals surface area contributed by atoms with E-state index in [1.54, 1.807) is 18.2 Å². The molecule has 6 nitrogen and oxygen atoms in total. The Balaban J connectivity index is 1.69. The first-order valence-electron chi connectivity index (χ1n) is 10.2. The van der Waals surface area contributed by atoms with Gasteiger partial charge in [-0.25, -0.2) is 0 Å². The molecule has 0 saturated heterocycles. The lowest BCUT2D eigenvalue weighted by molar-refractivity contribution is -0.118. The monoisotopic (exact) mass is 493 g/mol. The van der Waals surface area contributed by atoms with E-state index < -0.39 is 5.91 Å². The van der Waals surface area contributed by atoms with E-state index in [-0.39, 0.29) is 33.9 Å². The summed E-state index contributed by atoms with van der Waals surface area (Å²) in [5.74, 6) is -0.810. The Hall–Kier alpha value is -3.79. The Kier molecular flexibility index (Phi) is 8.31. The van der Waals surface area contributed by atoms with Gasteiger partial charge in [-0.1, -0.05) is 53.0 Å². The van der Waals surface area contributed by atoms with Gasteiger partial charge in [0, 0.05) is 11.4 Å². The molecular formula is C26H21Cl2N3O3. The number of amides is 2. The maximum absolute atomic E-state index is 12.5. The summed E-state index contributed by atoms with van der Waals surface area (Å²) in [5, 5.41) is 15.1. The highest BCUT2D eigenvalue weighted by molar-refractivity contribution is 6.37. The van der Waals surface area contributed by atoms with Crippen molar-refractivity contribution in [1.82, 2.24) is 0 Å². The molecule has 0 heterocycles. The fraction of sp³-hybridized carbons (Fsp3) is 0.115. The molecule has 3 rings (SSSR count). The van der Waals surface area contributed by atoms with Crippen molar-refractivity contribution >= 4 is 52.5 Å². The van der Waals surface area contributed by atoms with E-state index in [2.05, 4.69) is 10.6 Å². The van der Waals surface area contributed by atoms with E-state index >= 15 is 0 Å². The zero-order valence-electron chi connectivity index (χ0n) is 18.5. The first kappa shape index (κ1) is 24.8. The van der Waals surface area contributed by atoms with Crippen molar-refractivity contribution in [2.75, 3.05) is 17.2 Å². The van der Waals surface area contributed by atoms with Gasteiger partial charge in [-0.2, -0.15) is 5.26 Å². The van der Waals surface area contributed by atoms with Crippen LogP contribution in [0.15, 0.2) is 66.2 Å². The molecule has 0 aliphatic carbocycles. The number of benzene rings is 3. The smallest absolute Gasteiger partial charge is 0.266 e. The number of nitriles is 1. The number of hydrogen-bond acceptors (Lipinski definition) is 4. The van der Waals surface area contributed by atoms with Crippen molar-refractivity contribution in [3.8, 4) is 11.8 Å². The average Bonchev–Trinajstić information content (AvgIpc) is 2.78. The lowest BCUT2D eigenvalue weighted by Gasteiger charge is -2.12. The third kappa shape index (κ3) is 6.85. The number of nitrogens with one attached hydrogen (secondary N) is 2. The third-order valence-electron chi connectivity index (χ3n) is 4.66. The van der Waals surface area contributed by atoms with Crippen LogP contribution in [0.1, 0.15) is 16.7 Å². The molecule has 3 aromatic carbocycles. The molecule has 3 aromatic rings. The minimum Gasteiger partial charge on any atom is -0.481 e. The highest BCUT2D eigenvalue weighted by Gasteiger charge is 2.14. The van der Waals surface area contributed by atoms with Crippen LogP contribution in [0.25, 0.3) is 6.08 Å². The lowest BCUT2D eigenvalue weighted by atomic mass is 10.1. The summed E-state index contributed by atoms with van der Waals surface area (Å²) in [6, 6.07) is 19.4. The molecule has 0 atom stereocenters. The Labute approximate surface area is 207 Å². The van der Waals surface area contributed by atoms with Crippen LogP contribution in [0.2, 0.25) is 10.0 Å². The standard InChI is InChI=1S/C26H21Cl2N3O3/c1-16-6-8-20(9-7-16)31-26(33)19(14-29)11-18-12-22(27)25(23(28)13-18)34-15-24(32)30-21-5-3-4-17(2)10-21/h3-13H,15H2,1-2H3,(H,30,32)(H,31,33)/b19-11-. The first-order chi connectivity index (χ1) is 16.2. The quantitative estimate of drug-likeness (QED) is 0.304. The van der Waals surface area contributed by atoms with Crippen LogP contribution in [0, 0.1) is 25.2 Å². The van der Waals surface area contributed by atoms with Crippen LogP contribution >= 0.6 is 23.2 Å². The summed E-state index contributed by atoms with van der Waals surface area (Å²) in [5.41, 5.74) is 3.59. The normalized spacial score (nSPS) is 10.9. The van der Waals surface area contributed by atoms with E-state index in [9.17, 15) is 14.9 Å². The van der Waals surface area contributed by atoms with Gasteiger partial charge in [0.2, 0.25) is 0 Å². The highest BCUT2D eigenvalue weighted by atomic mass is 35.5. The van der Waals surface area contributed by atoms with Crippen LogP contribution in [0.3, 0.4) is 0 Å². The molecule has 0 fully saturated rings. The van der Waals surface area contributed by atoms with Gasteiger partial charge in [0.1, 0.15) is 11.6 Å². The summed E-state index contributed by atoms with van der Waals surface area (Å²) in [4.78, 5) is 24.7. The number of carbonyl (C=O) groups is 2. The largest absolute Gasteiger partial charge is 0.481 e. The zero-order valence-corrected chi connectivity index (χ0v) is 20.0. The maximum Gasteiger partial charge on any atom is 0.266 e. The fourth-order valence-corrected chi connectivity index (χ4v) is 3.62. The molecule has 0 bridgehead atoms. The second-order valence-electron chi connectivity index (χ2n) is 7.51. The molecule has 0 saturated carbocycles. The molecule has 0 radical (unpaired) electrons. The van der Waals surface area contributed by atoms with Crippen LogP contribution in [-0.2, 0) is 9.59 Å². The minimum atomic E-state index is -0.563. The molecule has 0 aliphatic rings. The van der Waals surface area contributed by atoms with E-state index in [1.807, 2.05) is 50.2 Å². The van der Waals surface area contributed by atoms with Crippen LogP contribution in [0.4, 0.5) is 11.4 Å². The summed E-state index contributed by atoms with van der Waals surface area (Å²) in [6.45, 7) is 3.56. The fourth-order valence-electron chi connectivity index (χ4n) is 3.01. The van der Waals surface area contributed by atoms with E-state index in [4.69, 9.17) is 27.9 Å². The maximum atomic E-state index is 12.5. The van der Waals surface area contributed by atoms with E-state index in [0.29, 0.717) is 16.9 Å². The van der Waals surface area contributed by atoms with Crippen molar-refractivity contribution < 1.29 is 14.3 Å². The van der Waals surface area contributed by atoms with E-state index in [1.165, 1.54) is 18.2 Å². The number of halogens is 2. The minimum absolute atomic E-state index is 0.126. The topological polar surface area (TPSA) is 91.2 Å². The highest BCUT2D eigenvalue weighted by Crippen LogP contribution is 2.35. The predicted molar refractivity (Wildman–Crippen MR) is 135 cm³/mol. The summed E-state index contributed by atoms with van der Waals surface area (Å²) in [6.07, 6.45) is 1.37. The Morgan fingerprint density at radius 3 is 2.24 bits per heavy atom. The first-order valence-corrected chi connectivity index (χ1v) is 11.0. The molecule has 0 aliphatic heterocycles. The van der Waals surface area contributed by atoms with E-state index in [0.717, 1.165) is 11.1 Å². The molecule has 2 amide bonds. The number of carbonyl (C=O) groups excluding carboxylic acids is 2. The molecule has 0 aromatic heterocycles. The van der Waals surface area contributed by atoms with Gasteiger partial charge < -0.3 is 15.4 Å². The molecule has 2 N–H and O–H groups in total. The average molecular weight is 494 g/mol. The number of rotatable bonds is 7. The van der Waals surface area contributed by atoms with Gasteiger partial charge in [-0.05, 0) is 67.4 Å². The van der Waals surface area contributed by atoms with Crippen molar-refractivity contribution in [3.63, 3.8) is 0 Å². The summed E-state index contributed by atoms with van der Waals surface area (Å²) in [7, 11) is 0. The van der Waals surface area contributed by atoms with Gasteiger partial charge in [0.25, 0.3) is 11.8 Å². The molecule has 8 heteroatoms. The number of nitrogens with zero attached hydrogens (tertiary/aromatic N) is 1. The zero-order chi connectivity index (χ0) is 24.7. The van der Waals surface area contributed by atoms with Crippen molar-refractivity contribution in [1.29, 1.82) is 5.26 Å². The molecule has 34 heavy (non-hydrogen) atoms. The molecule has 172 valence electrons. The van der Waals surface area contributed by atoms with Crippen molar-refractivity contribution in [2.24, 2.45) is 0 Å². The predicted octanol–water partition coefficient (Wildman–Crippen LogP) is 6.17. The summed E-state index contributed by atoms with van der Waals surface area (Å²) >= 11 is 12.6. The van der Waals surface area contributed by atoms with Crippen LogP contribution in [0.5, 0.6) is 5.75 Å². The number of ether oxygens (including phenoxy) is 1. The molecule has 0 spiro atoms. The summed E-state index contributed by atoms with van der Waals surface area (Å²) < 4.78 is 5.51. The Bertz CT molecular complexity index is 1270. The van der Waals surface area contributed by atoms with Crippen molar-refractivity contribution in [2.45, 2.75) is 13.8 Å². The van der Waals surface area contributed by atoms with Crippen LogP contribution in [-0.4, -0.2) is 18.4 Å². The molecular weight excluding hydrogens is 473 g/mol. The van der Waals surface area contributed by atoms with Gasteiger partial charge in [-0.15, -0.1) is 0 Å². The van der Waals surface area contributed by atoms with Gasteiger partial charge in [0.05, 0.1) is 10.0 Å². The Morgan fingerprint density at radius 2 is 1.62 bits per heavy atom. The van der Waals surface area contributed by atoms with Gasteiger partial charge in [0.15, 0.2) is 12.4 Å². The number of anilines is 2.